The second-order valence-corrected chi connectivity index (χ2v) is 7.33. The van der Waals surface area contributed by atoms with Crippen LogP contribution in [0.15, 0.2) is 82.3 Å². The normalized spacial score (nSPS) is 12.2. The van der Waals surface area contributed by atoms with Gasteiger partial charge >= 0.3 is 0 Å². The third-order valence-corrected chi connectivity index (χ3v) is 4.91. The summed E-state index contributed by atoms with van der Waals surface area (Å²) < 4.78 is 30.2. The fraction of sp³-hybridized carbons (Fsp3) is 0.100. The summed E-state index contributed by atoms with van der Waals surface area (Å²) in [5.74, 6) is 6.51. The van der Waals surface area contributed by atoms with Crippen LogP contribution in [0.3, 0.4) is 0 Å². The van der Waals surface area contributed by atoms with Crippen molar-refractivity contribution in [3.8, 4) is 11.8 Å². The van der Waals surface area contributed by atoms with Gasteiger partial charge in [0.15, 0.2) is 0 Å². The molecule has 0 saturated heterocycles. The standard InChI is InChI=1S/C20H18N2O3S/c1-16-9-12-18(13-10-16)26(23,24)22-21-19(20-8-5-15-25-20)14-11-17-6-3-2-4-7-17/h2-10,12-13,15,19,21-22H,1H3. The third kappa shape index (κ3) is 4.61. The first kappa shape index (κ1) is 18.0. The molecule has 0 bridgehead atoms. The maximum Gasteiger partial charge on any atom is 0.253 e. The number of aryl methyl sites for hydroxylation is 1. The van der Waals surface area contributed by atoms with Crippen molar-refractivity contribution in [3.05, 3.63) is 89.9 Å². The Hall–Kier alpha value is -2.85. The molecule has 0 aliphatic heterocycles. The minimum atomic E-state index is -3.72. The number of hydrogen-bond acceptors (Lipinski definition) is 4. The van der Waals surface area contributed by atoms with Crippen LogP contribution in [-0.4, -0.2) is 8.42 Å². The van der Waals surface area contributed by atoms with Gasteiger partial charge in [0.05, 0.1) is 11.2 Å². The molecule has 132 valence electrons. The highest BCUT2D eigenvalue weighted by Crippen LogP contribution is 2.14. The van der Waals surface area contributed by atoms with Gasteiger partial charge in [-0.25, -0.2) is 13.8 Å². The molecule has 0 aliphatic rings. The van der Waals surface area contributed by atoms with Gasteiger partial charge in [-0.05, 0) is 43.3 Å². The van der Waals surface area contributed by atoms with Crippen molar-refractivity contribution in [3.63, 3.8) is 0 Å². The lowest BCUT2D eigenvalue weighted by Crippen LogP contribution is -2.39. The molecular formula is C20H18N2O3S. The highest BCUT2D eigenvalue weighted by molar-refractivity contribution is 7.89. The number of rotatable bonds is 5. The van der Waals surface area contributed by atoms with E-state index in [0.29, 0.717) is 5.76 Å². The predicted octanol–water partition coefficient (Wildman–Crippen LogP) is 3.16. The van der Waals surface area contributed by atoms with E-state index in [1.807, 2.05) is 37.3 Å². The lowest BCUT2D eigenvalue weighted by Gasteiger charge is -2.12. The van der Waals surface area contributed by atoms with Crippen LogP contribution < -0.4 is 10.3 Å². The third-order valence-electron chi connectivity index (χ3n) is 3.63. The van der Waals surface area contributed by atoms with Gasteiger partial charge in [-0.1, -0.05) is 47.7 Å². The molecule has 1 aromatic heterocycles. The molecule has 1 unspecified atom stereocenters. The Morgan fingerprint density at radius 3 is 2.35 bits per heavy atom. The van der Waals surface area contributed by atoms with Gasteiger partial charge in [-0.2, -0.15) is 0 Å². The monoisotopic (exact) mass is 366 g/mol. The molecule has 3 aromatic rings. The largest absolute Gasteiger partial charge is 0.467 e. The van der Waals surface area contributed by atoms with Crippen LogP contribution in [-0.2, 0) is 10.0 Å². The minimum Gasteiger partial charge on any atom is -0.467 e. The van der Waals surface area contributed by atoms with E-state index >= 15 is 0 Å². The second-order valence-electron chi connectivity index (χ2n) is 5.65. The van der Waals surface area contributed by atoms with Crippen molar-refractivity contribution in [1.29, 1.82) is 0 Å². The summed E-state index contributed by atoms with van der Waals surface area (Å²) in [6.45, 7) is 1.90. The lowest BCUT2D eigenvalue weighted by atomic mass is 10.2. The first-order valence-electron chi connectivity index (χ1n) is 7.98. The Kier molecular flexibility index (Phi) is 5.54. The van der Waals surface area contributed by atoms with Crippen LogP contribution in [0.5, 0.6) is 0 Å². The fourth-order valence-electron chi connectivity index (χ4n) is 2.22. The van der Waals surface area contributed by atoms with Gasteiger partial charge in [0.1, 0.15) is 11.8 Å². The molecule has 0 saturated carbocycles. The van der Waals surface area contributed by atoms with Gasteiger partial charge < -0.3 is 4.42 Å². The smallest absolute Gasteiger partial charge is 0.253 e. The topological polar surface area (TPSA) is 71.3 Å². The van der Waals surface area contributed by atoms with Crippen LogP contribution in [0, 0.1) is 18.8 Å². The van der Waals surface area contributed by atoms with E-state index < -0.39 is 16.1 Å². The molecule has 0 aliphatic carbocycles. The van der Waals surface area contributed by atoms with Crippen LogP contribution in [0.2, 0.25) is 0 Å². The van der Waals surface area contributed by atoms with Gasteiger partial charge in [-0.3, -0.25) is 0 Å². The Bertz CT molecular complexity index is 1000. The number of hydrazine groups is 1. The summed E-state index contributed by atoms with van der Waals surface area (Å²) in [6.07, 6.45) is 1.52. The van der Waals surface area contributed by atoms with Crippen molar-refractivity contribution >= 4 is 10.0 Å². The second kappa shape index (κ2) is 8.02. The zero-order valence-electron chi connectivity index (χ0n) is 14.1. The Morgan fingerprint density at radius 2 is 1.69 bits per heavy atom. The SMILES string of the molecule is Cc1ccc(S(=O)(=O)NNC(C#Cc2ccccc2)c2ccco2)cc1. The zero-order valence-corrected chi connectivity index (χ0v) is 15.0. The van der Waals surface area contributed by atoms with Gasteiger partial charge in [0.2, 0.25) is 0 Å². The van der Waals surface area contributed by atoms with Gasteiger partial charge in [0, 0.05) is 5.56 Å². The van der Waals surface area contributed by atoms with Crippen LogP contribution in [0.4, 0.5) is 0 Å². The zero-order chi connectivity index (χ0) is 18.4. The molecule has 0 radical (unpaired) electrons. The number of benzene rings is 2. The van der Waals surface area contributed by atoms with Crippen molar-refractivity contribution in [1.82, 2.24) is 10.3 Å². The first-order chi connectivity index (χ1) is 12.5. The Morgan fingerprint density at radius 1 is 0.962 bits per heavy atom. The van der Waals surface area contributed by atoms with E-state index in [2.05, 4.69) is 22.1 Å². The van der Waals surface area contributed by atoms with E-state index in [9.17, 15) is 8.42 Å². The molecule has 1 heterocycles. The van der Waals surface area contributed by atoms with Gasteiger partial charge in [0.25, 0.3) is 10.0 Å². The van der Waals surface area contributed by atoms with Crippen molar-refractivity contribution in [2.75, 3.05) is 0 Å². The summed E-state index contributed by atoms with van der Waals surface area (Å²) >= 11 is 0. The molecule has 2 aromatic carbocycles. The van der Waals surface area contributed by atoms with E-state index in [1.54, 1.807) is 36.4 Å². The summed E-state index contributed by atoms with van der Waals surface area (Å²) in [5, 5.41) is 0. The van der Waals surface area contributed by atoms with E-state index in [0.717, 1.165) is 11.1 Å². The summed E-state index contributed by atoms with van der Waals surface area (Å²) in [7, 11) is -3.72. The molecule has 2 N–H and O–H groups in total. The molecular weight excluding hydrogens is 348 g/mol. The van der Waals surface area contributed by atoms with Crippen molar-refractivity contribution < 1.29 is 12.8 Å². The predicted molar refractivity (Wildman–Crippen MR) is 99.4 cm³/mol. The Labute approximate surface area is 153 Å². The number of furan rings is 1. The highest BCUT2D eigenvalue weighted by atomic mass is 32.2. The average Bonchev–Trinajstić information content (AvgIpc) is 3.17. The molecule has 6 heteroatoms. The van der Waals surface area contributed by atoms with Crippen molar-refractivity contribution in [2.24, 2.45) is 0 Å². The summed E-state index contributed by atoms with van der Waals surface area (Å²) in [4.78, 5) is 2.55. The van der Waals surface area contributed by atoms with E-state index in [4.69, 9.17) is 4.42 Å². The fourth-order valence-corrected chi connectivity index (χ4v) is 3.11. The van der Waals surface area contributed by atoms with Crippen molar-refractivity contribution in [2.45, 2.75) is 17.9 Å². The minimum absolute atomic E-state index is 0.171. The molecule has 5 nitrogen and oxygen atoms in total. The van der Waals surface area contributed by atoms with E-state index in [1.165, 1.54) is 6.26 Å². The quantitative estimate of drug-likeness (QED) is 0.537. The number of hydrogen-bond donors (Lipinski definition) is 2. The average molecular weight is 366 g/mol. The molecule has 1 atom stereocenters. The number of nitrogens with one attached hydrogen (secondary N) is 2. The first-order valence-corrected chi connectivity index (χ1v) is 9.47. The molecule has 0 fully saturated rings. The Balaban J connectivity index is 1.79. The highest BCUT2D eigenvalue weighted by Gasteiger charge is 2.17. The summed E-state index contributed by atoms with van der Waals surface area (Å²) in [5.41, 5.74) is 4.55. The maximum atomic E-state index is 12.4. The number of sulfonamides is 1. The lowest BCUT2D eigenvalue weighted by molar-refractivity contribution is 0.447. The van der Waals surface area contributed by atoms with Crippen LogP contribution in [0.1, 0.15) is 22.9 Å². The van der Waals surface area contributed by atoms with Gasteiger partial charge in [-0.15, -0.1) is 4.83 Å². The van der Waals surface area contributed by atoms with Crippen LogP contribution in [0.25, 0.3) is 0 Å². The molecule has 0 spiro atoms. The molecule has 3 rings (SSSR count). The molecule has 0 amide bonds. The maximum absolute atomic E-state index is 12.4. The van der Waals surface area contributed by atoms with Crippen LogP contribution >= 0.6 is 0 Å². The van der Waals surface area contributed by atoms with E-state index in [-0.39, 0.29) is 4.90 Å². The molecule has 26 heavy (non-hydrogen) atoms. The summed E-state index contributed by atoms with van der Waals surface area (Å²) in [6, 6.07) is 18.9.